The number of carbonyl (C=O) groups is 3. The third-order valence-corrected chi connectivity index (χ3v) is 7.48. The third kappa shape index (κ3) is 6.41. The molecule has 0 radical (unpaired) electrons. The van der Waals surface area contributed by atoms with Crippen molar-refractivity contribution in [3.63, 3.8) is 0 Å². The molecule has 2 aliphatic heterocycles. The van der Waals surface area contributed by atoms with Gasteiger partial charge < -0.3 is 20.1 Å². The molecule has 0 aliphatic carbocycles. The predicted octanol–water partition coefficient (Wildman–Crippen LogP) is 4.13. The van der Waals surface area contributed by atoms with Crippen LogP contribution in [0.15, 0.2) is 82.8 Å². The molecule has 0 bridgehead atoms. The highest BCUT2D eigenvalue weighted by molar-refractivity contribution is 8.14. The number of thioether (sulfide) groups is 1. The summed E-state index contributed by atoms with van der Waals surface area (Å²) in [5.74, 6) is 0.808. The van der Waals surface area contributed by atoms with Crippen molar-refractivity contribution in [3.05, 3.63) is 83.9 Å². The van der Waals surface area contributed by atoms with Crippen LogP contribution in [0.1, 0.15) is 24.0 Å². The first kappa shape index (κ1) is 27.9. The van der Waals surface area contributed by atoms with Crippen LogP contribution < -0.4 is 20.1 Å². The van der Waals surface area contributed by atoms with Crippen molar-refractivity contribution in [1.82, 2.24) is 10.2 Å². The van der Waals surface area contributed by atoms with Crippen LogP contribution in [-0.4, -0.2) is 59.6 Å². The summed E-state index contributed by atoms with van der Waals surface area (Å²) < 4.78 is 10.6. The third-order valence-electron chi connectivity index (χ3n) is 6.54. The van der Waals surface area contributed by atoms with E-state index in [2.05, 4.69) is 15.6 Å². The largest absolute Gasteiger partial charge is 0.497 e. The maximum absolute atomic E-state index is 13.5. The molecule has 10 nitrogen and oxygen atoms in total. The number of carbonyl (C=O) groups excluding carboxylic acids is 3. The molecule has 3 aromatic rings. The first-order valence-electron chi connectivity index (χ1n) is 13.0. The first-order chi connectivity index (χ1) is 20.0. The lowest BCUT2D eigenvalue weighted by atomic mass is 10.1. The number of aliphatic imine (C=N–C) groups is 2. The van der Waals surface area contributed by atoms with Crippen molar-refractivity contribution in [2.24, 2.45) is 9.98 Å². The molecule has 5 rings (SSSR count). The van der Waals surface area contributed by atoms with Crippen LogP contribution in [0.3, 0.4) is 0 Å². The number of ether oxygens (including phenoxy) is 2. The highest BCUT2D eigenvalue weighted by Crippen LogP contribution is 2.34. The molecule has 41 heavy (non-hydrogen) atoms. The van der Waals surface area contributed by atoms with Crippen molar-refractivity contribution >= 4 is 51.9 Å². The molecule has 0 fully saturated rings. The van der Waals surface area contributed by atoms with Gasteiger partial charge in [0.1, 0.15) is 23.4 Å². The van der Waals surface area contributed by atoms with E-state index in [0.717, 1.165) is 22.9 Å². The second kappa shape index (κ2) is 12.7. The van der Waals surface area contributed by atoms with E-state index >= 15 is 0 Å². The molecule has 3 amide bonds. The molecular weight excluding hydrogens is 542 g/mol. The Morgan fingerprint density at radius 3 is 2.54 bits per heavy atom. The van der Waals surface area contributed by atoms with E-state index in [1.165, 1.54) is 12.0 Å². The molecular formula is C30H29N5O5S. The molecule has 11 heteroatoms. The van der Waals surface area contributed by atoms with E-state index in [0.29, 0.717) is 40.4 Å². The van der Waals surface area contributed by atoms with Crippen LogP contribution in [0.25, 0.3) is 0 Å². The molecule has 2 aliphatic rings. The number of nitrogens with zero attached hydrogens (tertiary/aromatic N) is 3. The Morgan fingerprint density at radius 1 is 0.976 bits per heavy atom. The van der Waals surface area contributed by atoms with Gasteiger partial charge in [0.2, 0.25) is 11.8 Å². The van der Waals surface area contributed by atoms with Crippen molar-refractivity contribution < 1.29 is 23.9 Å². The highest BCUT2D eigenvalue weighted by Gasteiger charge is 2.41. The molecule has 0 saturated carbocycles. The molecule has 3 aromatic carbocycles. The minimum absolute atomic E-state index is 0.00895. The van der Waals surface area contributed by atoms with Gasteiger partial charge in [-0.15, -0.1) is 0 Å². The van der Waals surface area contributed by atoms with Crippen LogP contribution in [0.4, 0.5) is 11.4 Å². The van der Waals surface area contributed by atoms with E-state index in [1.807, 2.05) is 54.6 Å². The summed E-state index contributed by atoms with van der Waals surface area (Å²) in [6.07, 6.45) is 0.412. The number of rotatable bonds is 10. The lowest BCUT2D eigenvalue weighted by molar-refractivity contribution is -0.125. The van der Waals surface area contributed by atoms with Crippen LogP contribution in [0.5, 0.6) is 11.5 Å². The highest BCUT2D eigenvalue weighted by atomic mass is 32.2. The van der Waals surface area contributed by atoms with Gasteiger partial charge in [-0.25, -0.2) is 9.89 Å². The van der Waals surface area contributed by atoms with Gasteiger partial charge in [-0.1, -0.05) is 54.2 Å². The Bertz CT molecular complexity index is 1520. The number of anilines is 1. The Morgan fingerprint density at radius 2 is 1.76 bits per heavy atom. The van der Waals surface area contributed by atoms with Crippen LogP contribution in [0.2, 0.25) is 0 Å². The van der Waals surface area contributed by atoms with Crippen molar-refractivity contribution in [1.29, 1.82) is 0 Å². The number of amides is 3. The molecule has 0 spiro atoms. The summed E-state index contributed by atoms with van der Waals surface area (Å²) >= 11 is 1.13. The summed E-state index contributed by atoms with van der Waals surface area (Å²) in [7, 11) is 3.06. The zero-order valence-corrected chi connectivity index (χ0v) is 23.4. The maximum Gasteiger partial charge on any atom is 0.259 e. The summed E-state index contributed by atoms with van der Waals surface area (Å²) in [6, 6.07) is 21.4. The standard InChI is InChI=1S/C30H29N5O5S/c1-39-20-12-14-25(40-2)24(16-20)32-27(37)18-41-30-34-22-11-7-6-10-21(22)28-33-23(29(38)35(28)30)13-15-26(36)31-17-19-8-4-3-5-9-19/h3-12,14,16,23H,13,15,17-18H2,1-2H3,(H,31,36)(H,32,37)/t23-/m0/s1. The monoisotopic (exact) mass is 571 g/mol. The van der Waals surface area contributed by atoms with E-state index < -0.39 is 6.04 Å². The Kier molecular flexibility index (Phi) is 8.64. The Hall–Kier alpha value is -4.64. The van der Waals surface area contributed by atoms with Gasteiger partial charge in [-0.2, -0.15) is 0 Å². The van der Waals surface area contributed by atoms with Crippen molar-refractivity contribution in [2.75, 3.05) is 25.3 Å². The molecule has 0 unspecified atom stereocenters. The predicted molar refractivity (Wildman–Crippen MR) is 159 cm³/mol. The fourth-order valence-corrected chi connectivity index (χ4v) is 5.27. The molecule has 1 atom stereocenters. The molecule has 2 N–H and O–H groups in total. The van der Waals surface area contributed by atoms with Gasteiger partial charge in [-0.05, 0) is 36.2 Å². The average molecular weight is 572 g/mol. The van der Waals surface area contributed by atoms with Gasteiger partial charge in [-0.3, -0.25) is 19.4 Å². The van der Waals surface area contributed by atoms with Crippen LogP contribution in [-0.2, 0) is 20.9 Å². The van der Waals surface area contributed by atoms with E-state index in [4.69, 9.17) is 14.5 Å². The fraction of sp³-hybridized carbons (Fsp3) is 0.233. The van der Waals surface area contributed by atoms with Gasteiger partial charge >= 0.3 is 0 Å². The average Bonchev–Trinajstić information content (AvgIpc) is 3.34. The second-order valence-electron chi connectivity index (χ2n) is 9.26. The van der Waals surface area contributed by atoms with E-state index in [1.54, 1.807) is 25.3 Å². The fourth-order valence-electron chi connectivity index (χ4n) is 4.47. The Balaban J connectivity index is 1.25. The number of hydrogen-bond donors (Lipinski definition) is 2. The second-order valence-corrected chi connectivity index (χ2v) is 10.2. The number of para-hydroxylation sites is 1. The van der Waals surface area contributed by atoms with E-state index in [-0.39, 0.29) is 36.3 Å². The Labute approximate surface area is 241 Å². The molecule has 0 aromatic heterocycles. The topological polar surface area (TPSA) is 122 Å². The minimum Gasteiger partial charge on any atom is -0.497 e. The molecule has 210 valence electrons. The number of nitrogens with one attached hydrogen (secondary N) is 2. The van der Waals surface area contributed by atoms with Gasteiger partial charge in [0.15, 0.2) is 5.17 Å². The zero-order chi connectivity index (χ0) is 28.8. The minimum atomic E-state index is -0.723. The van der Waals surface area contributed by atoms with Gasteiger partial charge in [0, 0.05) is 24.6 Å². The summed E-state index contributed by atoms with van der Waals surface area (Å²) in [5.41, 5.74) is 2.86. The van der Waals surface area contributed by atoms with E-state index in [9.17, 15) is 14.4 Å². The SMILES string of the molecule is COc1ccc(OC)c(NC(=O)CSC2=Nc3ccccc3C3=N[C@@H](CCC(=O)NCc4ccccc4)C(=O)N23)c1. The molecule has 0 saturated heterocycles. The van der Waals surface area contributed by atoms with Crippen molar-refractivity contribution in [3.8, 4) is 11.5 Å². The maximum atomic E-state index is 13.5. The lowest BCUT2D eigenvalue weighted by Gasteiger charge is -2.25. The van der Waals surface area contributed by atoms with Crippen LogP contribution in [0, 0.1) is 0 Å². The van der Waals surface area contributed by atoms with Gasteiger partial charge in [0.05, 0.1) is 31.3 Å². The number of fused-ring (bicyclic) bond motifs is 3. The molecule has 2 heterocycles. The first-order valence-corrected chi connectivity index (χ1v) is 14.0. The zero-order valence-electron chi connectivity index (χ0n) is 22.6. The quantitative estimate of drug-likeness (QED) is 0.378. The van der Waals surface area contributed by atoms with Crippen molar-refractivity contribution in [2.45, 2.75) is 25.4 Å². The number of benzene rings is 3. The smallest absolute Gasteiger partial charge is 0.259 e. The number of amidine groups is 2. The summed E-state index contributed by atoms with van der Waals surface area (Å²) in [5, 5.41) is 6.08. The summed E-state index contributed by atoms with van der Waals surface area (Å²) in [6.45, 7) is 0.420. The normalized spacial score (nSPS) is 15.3. The van der Waals surface area contributed by atoms with Gasteiger partial charge in [0.25, 0.3) is 5.91 Å². The lowest BCUT2D eigenvalue weighted by Crippen LogP contribution is -2.41. The summed E-state index contributed by atoms with van der Waals surface area (Å²) in [4.78, 5) is 49.7. The number of methoxy groups -OCH3 is 2. The number of hydrogen-bond acceptors (Lipinski definition) is 8. The van der Waals surface area contributed by atoms with Crippen LogP contribution >= 0.6 is 11.8 Å².